The zero-order chi connectivity index (χ0) is 18.4. The van der Waals surface area contributed by atoms with Gasteiger partial charge in [0.05, 0.1) is 29.0 Å². The Morgan fingerprint density at radius 1 is 1.19 bits per heavy atom. The minimum atomic E-state index is -0.0890. The Kier molecular flexibility index (Phi) is 4.16. The Balaban J connectivity index is 1.38. The highest BCUT2D eigenvalue weighted by Gasteiger charge is 2.28. The lowest BCUT2D eigenvalue weighted by atomic mass is 9.88. The number of amides is 1. The highest BCUT2D eigenvalue weighted by atomic mass is 35.5. The van der Waals surface area contributed by atoms with Gasteiger partial charge in [0.2, 0.25) is 0 Å². The molecule has 140 valence electrons. The molecule has 0 atom stereocenters. The number of aromatic nitrogens is 4. The van der Waals surface area contributed by atoms with E-state index in [1.165, 1.54) is 37.9 Å². The molecule has 1 saturated carbocycles. The van der Waals surface area contributed by atoms with Gasteiger partial charge in [-0.25, -0.2) is 9.97 Å². The van der Waals surface area contributed by atoms with Crippen LogP contribution in [0.25, 0.3) is 11.0 Å². The number of rotatable bonds is 2. The summed E-state index contributed by atoms with van der Waals surface area (Å²) in [5, 5.41) is 0.552. The first-order chi connectivity index (χ1) is 13.2. The van der Waals surface area contributed by atoms with Crippen molar-refractivity contribution in [3.05, 3.63) is 46.8 Å². The molecule has 7 heteroatoms. The first-order valence-electron chi connectivity index (χ1n) is 9.68. The zero-order valence-corrected chi connectivity index (χ0v) is 15.9. The summed E-state index contributed by atoms with van der Waals surface area (Å²) in [6.07, 6.45) is 8.35. The number of aromatic amines is 1. The van der Waals surface area contributed by atoms with E-state index in [1.807, 2.05) is 23.2 Å². The Morgan fingerprint density at radius 2 is 2.04 bits per heavy atom. The van der Waals surface area contributed by atoms with Crippen LogP contribution in [0.15, 0.2) is 24.4 Å². The van der Waals surface area contributed by atoms with E-state index >= 15 is 0 Å². The number of imidazole rings is 2. The smallest absolute Gasteiger partial charge is 0.290 e. The fourth-order valence-electron chi connectivity index (χ4n) is 4.41. The number of halogens is 1. The average molecular weight is 384 g/mol. The van der Waals surface area contributed by atoms with Crippen molar-refractivity contribution in [2.24, 2.45) is 0 Å². The van der Waals surface area contributed by atoms with Gasteiger partial charge in [0.1, 0.15) is 11.3 Å². The quantitative estimate of drug-likeness (QED) is 0.723. The minimum Gasteiger partial charge on any atom is -0.334 e. The number of nitrogens with zero attached hydrogens (tertiary/aromatic N) is 4. The van der Waals surface area contributed by atoms with Crippen molar-refractivity contribution in [3.8, 4) is 0 Å². The Bertz CT molecular complexity index is 1000. The van der Waals surface area contributed by atoms with Crippen molar-refractivity contribution in [3.63, 3.8) is 0 Å². The monoisotopic (exact) mass is 383 g/mol. The van der Waals surface area contributed by atoms with Gasteiger partial charge in [-0.15, -0.1) is 0 Å². The topological polar surface area (TPSA) is 66.8 Å². The molecule has 0 saturated heterocycles. The number of carbonyl (C=O) groups excluding carboxylic acids is 1. The SMILES string of the molecule is O=C(c1nc2c(Cl)cccc2[nH]1)N1CCn2c(cnc2C2CCCCC2)C1. The van der Waals surface area contributed by atoms with Gasteiger partial charge in [-0.05, 0) is 25.0 Å². The zero-order valence-electron chi connectivity index (χ0n) is 15.1. The van der Waals surface area contributed by atoms with Crippen LogP contribution >= 0.6 is 11.6 Å². The molecular weight excluding hydrogens is 362 g/mol. The Hall–Kier alpha value is -2.34. The van der Waals surface area contributed by atoms with Gasteiger partial charge in [-0.3, -0.25) is 4.79 Å². The molecule has 1 aliphatic carbocycles. The lowest BCUT2D eigenvalue weighted by Gasteiger charge is -2.30. The molecular formula is C20H22ClN5O. The number of hydrogen-bond acceptors (Lipinski definition) is 3. The first-order valence-corrected chi connectivity index (χ1v) is 10.1. The maximum absolute atomic E-state index is 13.0. The van der Waals surface area contributed by atoms with Crippen molar-refractivity contribution in [1.82, 2.24) is 24.4 Å². The van der Waals surface area contributed by atoms with Gasteiger partial charge >= 0.3 is 0 Å². The number of nitrogens with one attached hydrogen (secondary N) is 1. The molecule has 2 aromatic heterocycles. The second-order valence-electron chi connectivity index (χ2n) is 7.54. The van der Waals surface area contributed by atoms with Gasteiger partial charge in [0, 0.05) is 19.0 Å². The molecule has 5 rings (SSSR count). The molecule has 3 heterocycles. The molecule has 3 aromatic rings. The van der Waals surface area contributed by atoms with E-state index in [4.69, 9.17) is 16.6 Å². The molecule has 0 unspecified atom stereocenters. The molecule has 0 spiro atoms. The van der Waals surface area contributed by atoms with Gasteiger partial charge in [0.15, 0.2) is 5.82 Å². The van der Waals surface area contributed by atoms with Crippen molar-refractivity contribution in [2.75, 3.05) is 6.54 Å². The summed E-state index contributed by atoms with van der Waals surface area (Å²) in [6.45, 7) is 2.05. The molecule has 6 nitrogen and oxygen atoms in total. The van der Waals surface area contributed by atoms with Crippen molar-refractivity contribution in [1.29, 1.82) is 0 Å². The van der Waals surface area contributed by atoms with Gasteiger partial charge in [-0.2, -0.15) is 0 Å². The normalized spacial score (nSPS) is 18.0. The summed E-state index contributed by atoms with van der Waals surface area (Å²) < 4.78 is 2.33. The largest absolute Gasteiger partial charge is 0.334 e. The maximum Gasteiger partial charge on any atom is 0.290 e. The number of hydrogen-bond donors (Lipinski definition) is 1. The minimum absolute atomic E-state index is 0.0890. The second kappa shape index (κ2) is 6.68. The molecule has 0 bridgehead atoms. The van der Waals surface area contributed by atoms with Crippen molar-refractivity contribution < 1.29 is 4.79 Å². The standard InChI is InChI=1S/C20H22ClN5O/c21-15-7-4-8-16-17(15)24-18(23-16)20(27)25-9-10-26-14(12-25)11-22-19(26)13-5-2-1-3-6-13/h4,7-8,11,13H,1-3,5-6,9-10,12H2,(H,23,24). The summed E-state index contributed by atoms with van der Waals surface area (Å²) in [7, 11) is 0. The number of para-hydroxylation sites is 1. The maximum atomic E-state index is 13.0. The van der Waals surface area contributed by atoms with E-state index in [0.717, 1.165) is 17.8 Å². The van der Waals surface area contributed by atoms with Gasteiger partial charge < -0.3 is 14.5 Å². The lowest BCUT2D eigenvalue weighted by Crippen LogP contribution is -2.39. The molecule has 1 amide bonds. The van der Waals surface area contributed by atoms with E-state index in [1.54, 1.807) is 6.07 Å². The van der Waals surface area contributed by atoms with Crippen LogP contribution in [0.2, 0.25) is 5.02 Å². The third kappa shape index (κ3) is 2.92. The summed E-state index contributed by atoms with van der Waals surface area (Å²) in [5.74, 6) is 2.05. The van der Waals surface area contributed by atoms with Crippen molar-refractivity contribution >= 4 is 28.5 Å². The van der Waals surface area contributed by atoms with E-state index in [-0.39, 0.29) is 5.91 Å². The van der Waals surface area contributed by atoms with Crippen LogP contribution in [-0.4, -0.2) is 36.9 Å². The van der Waals surface area contributed by atoms with E-state index in [0.29, 0.717) is 35.4 Å². The molecule has 1 aromatic carbocycles. The van der Waals surface area contributed by atoms with Gasteiger partial charge in [0.25, 0.3) is 5.91 Å². The summed E-state index contributed by atoms with van der Waals surface area (Å²) >= 11 is 6.19. The highest BCUT2D eigenvalue weighted by Crippen LogP contribution is 2.33. The van der Waals surface area contributed by atoms with Crippen LogP contribution in [-0.2, 0) is 13.1 Å². The number of H-pyrrole nitrogens is 1. The van der Waals surface area contributed by atoms with Crippen LogP contribution in [0, 0.1) is 0 Å². The van der Waals surface area contributed by atoms with E-state index in [9.17, 15) is 4.79 Å². The average Bonchev–Trinajstić information content (AvgIpc) is 3.32. The third-order valence-electron chi connectivity index (χ3n) is 5.84. The molecule has 1 aliphatic heterocycles. The van der Waals surface area contributed by atoms with E-state index < -0.39 is 0 Å². The third-order valence-corrected chi connectivity index (χ3v) is 6.14. The van der Waals surface area contributed by atoms with Crippen molar-refractivity contribution in [2.45, 2.75) is 51.1 Å². The fraction of sp³-hybridized carbons (Fsp3) is 0.450. The molecule has 27 heavy (non-hydrogen) atoms. The van der Waals surface area contributed by atoms with Crippen LogP contribution in [0.1, 0.15) is 60.2 Å². The molecule has 1 fully saturated rings. The van der Waals surface area contributed by atoms with E-state index in [2.05, 4.69) is 14.5 Å². The van der Waals surface area contributed by atoms with Crippen LogP contribution in [0.3, 0.4) is 0 Å². The van der Waals surface area contributed by atoms with Crippen LogP contribution in [0.4, 0.5) is 0 Å². The lowest BCUT2D eigenvalue weighted by molar-refractivity contribution is 0.0698. The van der Waals surface area contributed by atoms with Crippen LogP contribution in [0.5, 0.6) is 0 Å². The van der Waals surface area contributed by atoms with Crippen LogP contribution < -0.4 is 0 Å². The van der Waals surface area contributed by atoms with Gasteiger partial charge in [-0.1, -0.05) is 36.9 Å². The Labute approximate surface area is 162 Å². The fourth-order valence-corrected chi connectivity index (χ4v) is 4.63. The Morgan fingerprint density at radius 3 is 2.85 bits per heavy atom. The highest BCUT2D eigenvalue weighted by molar-refractivity contribution is 6.35. The molecule has 2 aliphatic rings. The first kappa shape index (κ1) is 16.8. The number of carbonyl (C=O) groups is 1. The number of fused-ring (bicyclic) bond motifs is 2. The molecule has 1 N–H and O–H groups in total. The molecule has 0 radical (unpaired) electrons. The number of benzene rings is 1. The predicted molar refractivity (Wildman–Crippen MR) is 104 cm³/mol. The summed E-state index contributed by atoms with van der Waals surface area (Å²) in [5.41, 5.74) is 2.54. The summed E-state index contributed by atoms with van der Waals surface area (Å²) in [4.78, 5) is 27.0. The summed E-state index contributed by atoms with van der Waals surface area (Å²) in [6, 6.07) is 5.52. The predicted octanol–water partition coefficient (Wildman–Crippen LogP) is 4.12. The second-order valence-corrected chi connectivity index (χ2v) is 7.95.